The zero-order valence-electron chi connectivity index (χ0n) is 13.7. The second kappa shape index (κ2) is 7.22. The summed E-state index contributed by atoms with van der Waals surface area (Å²) in [6, 6.07) is 22.1. The summed E-state index contributed by atoms with van der Waals surface area (Å²) in [6.07, 6.45) is 0.620. The van der Waals surface area contributed by atoms with E-state index in [9.17, 15) is 4.39 Å². The van der Waals surface area contributed by atoms with Crippen LogP contribution in [0.5, 0.6) is 0 Å². The minimum absolute atomic E-state index is 0.215. The highest BCUT2D eigenvalue weighted by molar-refractivity contribution is 9.10. The van der Waals surface area contributed by atoms with Gasteiger partial charge in [-0.15, -0.1) is 0 Å². The lowest BCUT2D eigenvalue weighted by molar-refractivity contribution is 0.579. The number of nitrogens with zero attached hydrogens (tertiary/aromatic N) is 2. The summed E-state index contributed by atoms with van der Waals surface area (Å²) in [6.45, 7) is 0. The molecule has 5 heteroatoms. The Morgan fingerprint density at radius 3 is 2.50 bits per heavy atom. The second-order valence-corrected chi connectivity index (χ2v) is 7.47. The molecule has 1 aliphatic rings. The molecule has 3 aromatic rings. The van der Waals surface area contributed by atoms with Crippen LogP contribution < -0.4 is 5.01 Å². The maximum absolute atomic E-state index is 14.5. The van der Waals surface area contributed by atoms with Crippen molar-refractivity contribution in [1.82, 2.24) is 0 Å². The highest BCUT2D eigenvalue weighted by Gasteiger charge is 2.31. The van der Waals surface area contributed by atoms with E-state index in [2.05, 4.69) is 15.9 Å². The average molecular weight is 430 g/mol. The number of halogens is 3. The predicted molar refractivity (Wildman–Crippen MR) is 108 cm³/mol. The first kappa shape index (κ1) is 17.3. The molecule has 4 rings (SSSR count). The van der Waals surface area contributed by atoms with Gasteiger partial charge in [0.25, 0.3) is 0 Å². The summed E-state index contributed by atoms with van der Waals surface area (Å²) in [5.41, 5.74) is 3.42. The topological polar surface area (TPSA) is 15.6 Å². The van der Waals surface area contributed by atoms with Crippen LogP contribution in [0.25, 0.3) is 0 Å². The molecular weight excluding hydrogens is 415 g/mol. The SMILES string of the molecule is Fc1ccccc1[C@@H]1CC(c2ccc(Br)cc2)=NN1c1cccc(Cl)c1. The van der Waals surface area contributed by atoms with Crippen molar-refractivity contribution >= 4 is 38.9 Å². The average Bonchev–Trinajstić information content (AvgIpc) is 3.08. The minimum atomic E-state index is -0.225. The number of benzene rings is 3. The van der Waals surface area contributed by atoms with Gasteiger partial charge in [-0.1, -0.05) is 63.9 Å². The molecule has 0 unspecified atom stereocenters. The van der Waals surface area contributed by atoms with Crippen molar-refractivity contribution in [3.63, 3.8) is 0 Å². The van der Waals surface area contributed by atoms with Crippen LogP contribution in [-0.2, 0) is 0 Å². The number of anilines is 1. The highest BCUT2D eigenvalue weighted by Crippen LogP contribution is 2.38. The first-order valence-corrected chi connectivity index (χ1v) is 9.41. The zero-order chi connectivity index (χ0) is 18.1. The Labute approximate surface area is 165 Å². The summed E-state index contributed by atoms with van der Waals surface area (Å²) in [7, 11) is 0. The standard InChI is InChI=1S/C21H15BrClFN2/c22-15-10-8-14(9-11-15)20-13-21(18-6-1-2-7-19(18)24)26(25-20)17-5-3-4-16(23)12-17/h1-12,21H,13H2/t21-/m0/s1. The van der Waals surface area contributed by atoms with Crippen LogP contribution in [0.2, 0.25) is 5.02 Å². The van der Waals surface area contributed by atoms with Crippen LogP contribution >= 0.6 is 27.5 Å². The molecule has 1 atom stereocenters. The van der Waals surface area contributed by atoms with Gasteiger partial charge in [-0.25, -0.2) is 4.39 Å². The lowest BCUT2D eigenvalue weighted by Gasteiger charge is -2.24. The third-order valence-electron chi connectivity index (χ3n) is 4.42. The van der Waals surface area contributed by atoms with Gasteiger partial charge in [0, 0.05) is 21.5 Å². The van der Waals surface area contributed by atoms with Crippen molar-refractivity contribution < 1.29 is 4.39 Å². The van der Waals surface area contributed by atoms with Gasteiger partial charge in [0.2, 0.25) is 0 Å². The Morgan fingerprint density at radius 1 is 1.00 bits per heavy atom. The molecule has 0 saturated carbocycles. The first-order valence-electron chi connectivity index (χ1n) is 8.24. The number of rotatable bonds is 3. The Bertz CT molecular complexity index is 972. The van der Waals surface area contributed by atoms with Crippen LogP contribution in [0.15, 0.2) is 82.4 Å². The minimum Gasteiger partial charge on any atom is -0.257 e. The quantitative estimate of drug-likeness (QED) is 0.458. The van der Waals surface area contributed by atoms with Gasteiger partial charge in [-0.05, 0) is 42.0 Å². The van der Waals surface area contributed by atoms with Crippen LogP contribution in [0.1, 0.15) is 23.6 Å². The Balaban J connectivity index is 1.78. The largest absolute Gasteiger partial charge is 0.257 e. The molecule has 3 aromatic carbocycles. The first-order chi connectivity index (χ1) is 12.6. The third kappa shape index (κ3) is 3.39. The molecule has 0 saturated heterocycles. The third-order valence-corrected chi connectivity index (χ3v) is 5.19. The van der Waals surface area contributed by atoms with E-state index in [0.717, 1.165) is 21.4 Å². The van der Waals surface area contributed by atoms with Crippen molar-refractivity contribution in [2.75, 3.05) is 5.01 Å². The normalized spacial score (nSPS) is 16.7. The van der Waals surface area contributed by atoms with Gasteiger partial charge in [-0.2, -0.15) is 5.10 Å². The van der Waals surface area contributed by atoms with E-state index in [1.54, 1.807) is 6.07 Å². The van der Waals surface area contributed by atoms with Gasteiger partial charge in [0.05, 0.1) is 17.4 Å². The molecule has 0 spiro atoms. The Hall–Kier alpha value is -2.17. The maximum atomic E-state index is 14.5. The molecule has 0 N–H and O–H groups in total. The van der Waals surface area contributed by atoms with Crippen LogP contribution in [0, 0.1) is 5.82 Å². The number of hydrogen-bond donors (Lipinski definition) is 0. The van der Waals surface area contributed by atoms with E-state index >= 15 is 0 Å². The zero-order valence-corrected chi connectivity index (χ0v) is 16.1. The molecule has 0 amide bonds. The molecule has 0 aliphatic carbocycles. The van der Waals surface area contributed by atoms with E-state index in [1.165, 1.54) is 6.07 Å². The summed E-state index contributed by atoms with van der Waals surface area (Å²) < 4.78 is 15.5. The summed E-state index contributed by atoms with van der Waals surface area (Å²) in [5.74, 6) is -0.225. The molecule has 2 nitrogen and oxygen atoms in total. The van der Waals surface area contributed by atoms with Gasteiger partial charge in [0.1, 0.15) is 5.82 Å². The molecule has 1 aliphatic heterocycles. The number of hydrazone groups is 1. The second-order valence-electron chi connectivity index (χ2n) is 6.12. The van der Waals surface area contributed by atoms with Gasteiger partial charge in [0.15, 0.2) is 0 Å². The Morgan fingerprint density at radius 2 is 1.77 bits per heavy atom. The summed E-state index contributed by atoms with van der Waals surface area (Å²) in [5, 5.41) is 7.30. The molecule has 1 heterocycles. The molecule has 26 heavy (non-hydrogen) atoms. The summed E-state index contributed by atoms with van der Waals surface area (Å²) >= 11 is 9.62. The lowest BCUT2D eigenvalue weighted by atomic mass is 9.98. The number of hydrogen-bond acceptors (Lipinski definition) is 2. The lowest BCUT2D eigenvalue weighted by Crippen LogP contribution is -2.19. The predicted octanol–water partition coefficient (Wildman–Crippen LogP) is 6.60. The van der Waals surface area contributed by atoms with E-state index in [0.29, 0.717) is 17.0 Å². The molecule has 130 valence electrons. The molecule has 0 fully saturated rings. The van der Waals surface area contributed by atoms with Gasteiger partial charge >= 0.3 is 0 Å². The van der Waals surface area contributed by atoms with Crippen molar-refractivity contribution in [2.24, 2.45) is 5.10 Å². The molecular formula is C21H15BrClFN2. The van der Waals surface area contributed by atoms with E-state index < -0.39 is 0 Å². The van der Waals surface area contributed by atoms with E-state index in [1.807, 2.05) is 65.7 Å². The van der Waals surface area contributed by atoms with Crippen molar-refractivity contribution in [3.05, 3.63) is 99.2 Å². The fourth-order valence-corrected chi connectivity index (χ4v) is 3.62. The van der Waals surface area contributed by atoms with E-state index in [-0.39, 0.29) is 11.9 Å². The molecule has 0 bridgehead atoms. The van der Waals surface area contributed by atoms with Crippen LogP contribution in [0.4, 0.5) is 10.1 Å². The van der Waals surface area contributed by atoms with Crippen LogP contribution in [0.3, 0.4) is 0 Å². The molecule has 0 radical (unpaired) electrons. The summed E-state index contributed by atoms with van der Waals surface area (Å²) in [4.78, 5) is 0. The fourth-order valence-electron chi connectivity index (χ4n) is 3.17. The van der Waals surface area contributed by atoms with Gasteiger partial charge in [-0.3, -0.25) is 5.01 Å². The van der Waals surface area contributed by atoms with Crippen molar-refractivity contribution in [1.29, 1.82) is 0 Å². The van der Waals surface area contributed by atoms with Gasteiger partial charge < -0.3 is 0 Å². The van der Waals surface area contributed by atoms with Crippen molar-refractivity contribution in [3.8, 4) is 0 Å². The Kier molecular flexibility index (Phi) is 4.79. The highest BCUT2D eigenvalue weighted by atomic mass is 79.9. The van der Waals surface area contributed by atoms with E-state index in [4.69, 9.17) is 16.7 Å². The monoisotopic (exact) mass is 428 g/mol. The molecule has 0 aromatic heterocycles. The van der Waals surface area contributed by atoms with Crippen LogP contribution in [-0.4, -0.2) is 5.71 Å². The smallest absolute Gasteiger partial charge is 0.128 e. The van der Waals surface area contributed by atoms with Crippen molar-refractivity contribution in [2.45, 2.75) is 12.5 Å². The fraction of sp³-hybridized carbons (Fsp3) is 0.0952. The maximum Gasteiger partial charge on any atom is 0.128 e.